The molecule has 0 unspecified atom stereocenters. The molecular weight excluding hydrogens is 302 g/mol. The van der Waals surface area contributed by atoms with E-state index in [9.17, 15) is 9.59 Å². The summed E-state index contributed by atoms with van der Waals surface area (Å²) in [5, 5.41) is 6.45. The first-order valence-electron chi connectivity index (χ1n) is 7.50. The van der Waals surface area contributed by atoms with Gasteiger partial charge in [-0.15, -0.1) is 0 Å². The van der Waals surface area contributed by atoms with E-state index in [4.69, 9.17) is 0 Å². The second-order valence-corrected chi connectivity index (χ2v) is 5.21. The van der Waals surface area contributed by atoms with E-state index in [2.05, 4.69) is 15.8 Å². The number of carbonyl (C=O) groups is 2. The molecule has 0 fully saturated rings. The van der Waals surface area contributed by atoms with E-state index in [0.717, 1.165) is 11.1 Å². The average molecular weight is 321 g/mol. The summed E-state index contributed by atoms with van der Waals surface area (Å²) in [4.78, 5) is 23.6. The van der Waals surface area contributed by atoms with E-state index in [0.29, 0.717) is 11.4 Å². The van der Waals surface area contributed by atoms with Crippen LogP contribution in [0, 0.1) is 6.92 Å². The van der Waals surface area contributed by atoms with Gasteiger partial charge >= 0.3 is 11.8 Å². The molecule has 2 aromatic carbocycles. The molecule has 0 aliphatic carbocycles. The van der Waals surface area contributed by atoms with Gasteiger partial charge in [-0.1, -0.05) is 54.6 Å². The third kappa shape index (κ3) is 5.21. The molecule has 0 aromatic heterocycles. The van der Waals surface area contributed by atoms with Crippen LogP contribution in [-0.2, 0) is 9.59 Å². The van der Waals surface area contributed by atoms with Gasteiger partial charge < -0.3 is 5.32 Å². The predicted molar refractivity (Wildman–Crippen MR) is 96.5 cm³/mol. The van der Waals surface area contributed by atoms with Crippen molar-refractivity contribution in [1.82, 2.24) is 5.43 Å². The number of nitrogens with zero attached hydrogens (tertiary/aromatic N) is 1. The monoisotopic (exact) mass is 321 g/mol. The van der Waals surface area contributed by atoms with Gasteiger partial charge in [0.2, 0.25) is 0 Å². The van der Waals surface area contributed by atoms with Gasteiger partial charge in [0.15, 0.2) is 0 Å². The lowest BCUT2D eigenvalue weighted by atomic mass is 10.2. The summed E-state index contributed by atoms with van der Waals surface area (Å²) in [5.41, 5.74) is 5.33. The molecule has 122 valence electrons. The number of hydrazone groups is 1. The molecule has 5 nitrogen and oxygen atoms in total. The fourth-order valence-electron chi connectivity index (χ4n) is 1.90. The summed E-state index contributed by atoms with van der Waals surface area (Å²) < 4.78 is 0. The third-order valence-corrected chi connectivity index (χ3v) is 3.25. The molecule has 0 radical (unpaired) electrons. The highest BCUT2D eigenvalue weighted by atomic mass is 16.2. The van der Waals surface area contributed by atoms with E-state index < -0.39 is 11.8 Å². The van der Waals surface area contributed by atoms with Crippen LogP contribution in [-0.4, -0.2) is 17.5 Å². The highest BCUT2D eigenvalue weighted by molar-refractivity contribution is 6.39. The fraction of sp³-hybridized carbons (Fsp3) is 0.105. The summed E-state index contributed by atoms with van der Waals surface area (Å²) in [6.45, 7) is 3.59. The van der Waals surface area contributed by atoms with Gasteiger partial charge in [0.05, 0.1) is 5.71 Å². The topological polar surface area (TPSA) is 70.6 Å². The summed E-state index contributed by atoms with van der Waals surface area (Å²) in [6.07, 6.45) is 3.63. The SMILES string of the molecule is CC(/C=C/c1ccccc1)=N/NC(=O)C(=O)Nc1ccccc1C. The highest BCUT2D eigenvalue weighted by Crippen LogP contribution is 2.12. The zero-order valence-corrected chi connectivity index (χ0v) is 13.6. The van der Waals surface area contributed by atoms with Crippen molar-refractivity contribution in [3.05, 3.63) is 71.8 Å². The van der Waals surface area contributed by atoms with E-state index >= 15 is 0 Å². The van der Waals surface area contributed by atoms with Crippen LogP contribution in [0.15, 0.2) is 65.8 Å². The maximum atomic E-state index is 11.8. The number of amides is 2. The number of allylic oxidation sites excluding steroid dienone is 1. The van der Waals surface area contributed by atoms with Crippen LogP contribution in [0.4, 0.5) is 5.69 Å². The standard InChI is InChI=1S/C19H19N3O2/c1-14-8-6-7-11-17(14)20-18(23)19(24)22-21-15(2)12-13-16-9-4-3-5-10-16/h3-13H,1-2H3,(H,20,23)(H,22,24)/b13-12+,21-15-. The minimum atomic E-state index is -0.814. The largest absolute Gasteiger partial charge is 0.329 e. The number of rotatable bonds is 4. The van der Waals surface area contributed by atoms with Gasteiger partial charge in [0.25, 0.3) is 0 Å². The molecule has 2 rings (SSSR count). The van der Waals surface area contributed by atoms with Crippen molar-refractivity contribution in [3.8, 4) is 0 Å². The summed E-state index contributed by atoms with van der Waals surface area (Å²) in [5.74, 6) is -1.57. The number of hydrogen-bond donors (Lipinski definition) is 2. The van der Waals surface area contributed by atoms with Gasteiger partial charge in [-0.05, 0) is 37.1 Å². The van der Waals surface area contributed by atoms with Gasteiger partial charge in [-0.2, -0.15) is 5.10 Å². The number of hydrogen-bond acceptors (Lipinski definition) is 3. The van der Waals surface area contributed by atoms with Gasteiger partial charge in [0, 0.05) is 5.69 Å². The van der Waals surface area contributed by atoms with Crippen molar-refractivity contribution in [2.75, 3.05) is 5.32 Å². The van der Waals surface area contributed by atoms with Crippen LogP contribution in [0.5, 0.6) is 0 Å². The quantitative estimate of drug-likeness (QED) is 0.516. The molecule has 0 bridgehead atoms. The lowest BCUT2D eigenvalue weighted by molar-refractivity contribution is -0.136. The minimum absolute atomic E-state index is 0.580. The Hall–Kier alpha value is -3.21. The Morgan fingerprint density at radius 2 is 1.62 bits per heavy atom. The molecule has 0 saturated carbocycles. The number of anilines is 1. The highest BCUT2D eigenvalue weighted by Gasteiger charge is 2.13. The summed E-state index contributed by atoms with van der Waals surface area (Å²) >= 11 is 0. The van der Waals surface area contributed by atoms with Crippen LogP contribution >= 0.6 is 0 Å². The Bertz CT molecular complexity index is 780. The molecule has 0 spiro atoms. The molecule has 0 atom stereocenters. The zero-order valence-electron chi connectivity index (χ0n) is 13.6. The summed E-state index contributed by atoms with van der Waals surface area (Å²) in [6, 6.07) is 17.0. The van der Waals surface area contributed by atoms with Crippen molar-refractivity contribution in [2.24, 2.45) is 5.10 Å². The molecule has 0 aliphatic heterocycles. The third-order valence-electron chi connectivity index (χ3n) is 3.25. The Kier molecular flexibility index (Phi) is 6.02. The lowest BCUT2D eigenvalue weighted by Gasteiger charge is -2.06. The Labute approximate surface area is 141 Å². The van der Waals surface area contributed by atoms with E-state index in [-0.39, 0.29) is 0 Å². The first-order valence-corrected chi connectivity index (χ1v) is 7.50. The van der Waals surface area contributed by atoms with E-state index in [1.807, 2.05) is 55.5 Å². The molecule has 5 heteroatoms. The first kappa shape index (κ1) is 17.1. The van der Waals surface area contributed by atoms with Crippen LogP contribution in [0.2, 0.25) is 0 Å². The first-order chi connectivity index (χ1) is 11.6. The van der Waals surface area contributed by atoms with E-state index in [1.165, 1.54) is 0 Å². The maximum absolute atomic E-state index is 11.8. The van der Waals surface area contributed by atoms with Crippen molar-refractivity contribution in [2.45, 2.75) is 13.8 Å². The maximum Gasteiger partial charge on any atom is 0.329 e. The van der Waals surface area contributed by atoms with Crippen molar-refractivity contribution in [1.29, 1.82) is 0 Å². The van der Waals surface area contributed by atoms with Crippen molar-refractivity contribution < 1.29 is 9.59 Å². The molecule has 24 heavy (non-hydrogen) atoms. The number of benzene rings is 2. The smallest absolute Gasteiger partial charge is 0.317 e. The molecule has 2 amide bonds. The zero-order chi connectivity index (χ0) is 17.4. The Balaban J connectivity index is 1.90. The molecular formula is C19H19N3O2. The number of carbonyl (C=O) groups excluding carboxylic acids is 2. The second kappa shape index (κ2) is 8.43. The minimum Gasteiger partial charge on any atom is -0.317 e. The van der Waals surface area contributed by atoms with E-state index in [1.54, 1.807) is 25.1 Å². The normalized spacial score (nSPS) is 11.3. The van der Waals surface area contributed by atoms with Crippen LogP contribution in [0.1, 0.15) is 18.1 Å². The molecule has 0 aliphatic rings. The Morgan fingerprint density at radius 3 is 2.33 bits per heavy atom. The average Bonchev–Trinajstić information content (AvgIpc) is 2.60. The lowest BCUT2D eigenvalue weighted by Crippen LogP contribution is -2.32. The predicted octanol–water partition coefficient (Wildman–Crippen LogP) is 3.14. The van der Waals surface area contributed by atoms with Gasteiger partial charge in [-0.25, -0.2) is 5.43 Å². The van der Waals surface area contributed by atoms with Crippen LogP contribution in [0.25, 0.3) is 6.08 Å². The molecule has 2 aromatic rings. The Morgan fingerprint density at radius 1 is 0.958 bits per heavy atom. The molecule has 0 saturated heterocycles. The van der Waals surface area contributed by atoms with Gasteiger partial charge in [0.1, 0.15) is 0 Å². The van der Waals surface area contributed by atoms with Crippen molar-refractivity contribution >= 4 is 29.3 Å². The summed E-state index contributed by atoms with van der Waals surface area (Å²) in [7, 11) is 0. The fourth-order valence-corrected chi connectivity index (χ4v) is 1.90. The number of para-hydroxylation sites is 1. The molecule has 2 N–H and O–H groups in total. The number of aryl methyl sites for hydroxylation is 1. The van der Waals surface area contributed by atoms with Gasteiger partial charge in [-0.3, -0.25) is 9.59 Å². The van der Waals surface area contributed by atoms with Crippen LogP contribution in [0.3, 0.4) is 0 Å². The number of nitrogens with one attached hydrogen (secondary N) is 2. The van der Waals surface area contributed by atoms with Crippen molar-refractivity contribution in [3.63, 3.8) is 0 Å². The second-order valence-electron chi connectivity index (χ2n) is 5.21. The van der Waals surface area contributed by atoms with Crippen LogP contribution < -0.4 is 10.7 Å². The molecule has 0 heterocycles.